The number of aliphatic hydroxyl groups excluding tert-OH is 1. The minimum Gasteiger partial charge on any atom is -0.481 e. The summed E-state index contributed by atoms with van der Waals surface area (Å²) in [5, 5.41) is 33.7. The van der Waals surface area contributed by atoms with Crippen molar-refractivity contribution >= 4 is 48.2 Å². The van der Waals surface area contributed by atoms with E-state index in [2.05, 4.69) is 33.6 Å². The van der Waals surface area contributed by atoms with Gasteiger partial charge < -0.3 is 48.5 Å². The number of carbonyl (C=O) groups excluding carboxylic acids is 3. The number of hydrogen-bond donors (Lipinski definition) is 10. The molecule has 0 rings (SSSR count). The molecule has 12 N–H and O–H groups in total. The second-order valence-corrected chi connectivity index (χ2v) is 7.24. The number of amides is 3. The Labute approximate surface area is 194 Å². The van der Waals surface area contributed by atoms with Crippen molar-refractivity contribution in [2.24, 2.45) is 22.2 Å². The maximum atomic E-state index is 12.7. The number of nitrogens with zero attached hydrogens (tertiary/aromatic N) is 1. The lowest BCUT2D eigenvalue weighted by Crippen LogP contribution is -2.58. The number of rotatable bonds is 16. The van der Waals surface area contributed by atoms with E-state index in [1.54, 1.807) is 0 Å². The third-order valence-corrected chi connectivity index (χ3v) is 4.55. The van der Waals surface area contributed by atoms with Crippen LogP contribution in [-0.2, 0) is 24.0 Å². The van der Waals surface area contributed by atoms with Crippen LogP contribution in [0.25, 0.3) is 0 Å². The fraction of sp³-hybridized carbons (Fsp3) is 0.647. The molecule has 33 heavy (non-hydrogen) atoms. The molecule has 4 unspecified atom stereocenters. The van der Waals surface area contributed by atoms with Gasteiger partial charge in [-0.05, 0) is 19.3 Å². The van der Waals surface area contributed by atoms with Gasteiger partial charge in [-0.25, -0.2) is 4.79 Å². The highest BCUT2D eigenvalue weighted by Crippen LogP contribution is 2.03. The summed E-state index contributed by atoms with van der Waals surface area (Å²) in [6.45, 7) is -0.517. The van der Waals surface area contributed by atoms with Gasteiger partial charge in [-0.1, -0.05) is 0 Å². The second kappa shape index (κ2) is 15.7. The predicted molar refractivity (Wildman–Crippen MR) is 119 cm³/mol. The van der Waals surface area contributed by atoms with Gasteiger partial charge in [-0.3, -0.25) is 24.2 Å². The second-order valence-electron chi connectivity index (χ2n) is 6.87. The molecule has 15 nitrogen and oxygen atoms in total. The van der Waals surface area contributed by atoms with Crippen LogP contribution < -0.4 is 33.2 Å². The fourth-order valence-corrected chi connectivity index (χ4v) is 2.66. The Kier molecular flexibility index (Phi) is 14.2. The molecule has 16 heteroatoms. The monoisotopic (exact) mass is 493 g/mol. The van der Waals surface area contributed by atoms with Crippen molar-refractivity contribution < 1.29 is 39.3 Å². The number of hydrogen-bond acceptors (Lipinski definition) is 9. The Morgan fingerprint density at radius 1 is 0.879 bits per heavy atom. The average molecular weight is 494 g/mol. The number of carbonyl (C=O) groups is 5. The van der Waals surface area contributed by atoms with Crippen molar-refractivity contribution in [1.82, 2.24) is 16.0 Å². The van der Waals surface area contributed by atoms with Crippen molar-refractivity contribution in [2.45, 2.75) is 49.9 Å². The van der Waals surface area contributed by atoms with E-state index < -0.39 is 66.9 Å². The van der Waals surface area contributed by atoms with Crippen LogP contribution in [-0.4, -0.2) is 94.0 Å². The van der Waals surface area contributed by atoms with Crippen molar-refractivity contribution in [2.75, 3.05) is 18.9 Å². The Bertz CT molecular complexity index is 732. The largest absolute Gasteiger partial charge is 0.481 e. The van der Waals surface area contributed by atoms with E-state index in [0.29, 0.717) is 0 Å². The summed E-state index contributed by atoms with van der Waals surface area (Å²) in [4.78, 5) is 62.9. The summed E-state index contributed by atoms with van der Waals surface area (Å²) in [6, 6.07) is -5.25. The first-order chi connectivity index (χ1) is 15.4. The average Bonchev–Trinajstić information content (AvgIpc) is 2.75. The van der Waals surface area contributed by atoms with Crippen LogP contribution in [0.4, 0.5) is 0 Å². The zero-order valence-corrected chi connectivity index (χ0v) is 18.7. The molecule has 0 fully saturated rings. The van der Waals surface area contributed by atoms with E-state index in [4.69, 9.17) is 27.4 Å². The van der Waals surface area contributed by atoms with Gasteiger partial charge in [0.2, 0.25) is 17.7 Å². The van der Waals surface area contributed by atoms with E-state index in [-0.39, 0.29) is 37.5 Å². The smallest absolute Gasteiger partial charge is 0.326 e. The van der Waals surface area contributed by atoms with Gasteiger partial charge in [0.25, 0.3) is 0 Å². The first-order valence-corrected chi connectivity index (χ1v) is 10.4. The number of nitrogens with two attached hydrogens (primary N) is 3. The molecule has 0 aliphatic rings. The van der Waals surface area contributed by atoms with Crippen LogP contribution in [0.3, 0.4) is 0 Å². The summed E-state index contributed by atoms with van der Waals surface area (Å²) in [6.07, 6.45) is -0.557. The minimum absolute atomic E-state index is 0.0454. The number of carboxylic acids is 2. The molecule has 0 aromatic rings. The summed E-state index contributed by atoms with van der Waals surface area (Å²) >= 11 is 3.98. The highest BCUT2D eigenvalue weighted by molar-refractivity contribution is 7.80. The van der Waals surface area contributed by atoms with Crippen LogP contribution in [0.2, 0.25) is 0 Å². The normalized spacial score (nSPS) is 14.2. The molecule has 0 heterocycles. The zero-order valence-electron chi connectivity index (χ0n) is 17.8. The third kappa shape index (κ3) is 12.5. The van der Waals surface area contributed by atoms with Gasteiger partial charge in [0, 0.05) is 18.7 Å². The molecule has 0 radical (unpaired) electrons. The molecule has 188 valence electrons. The van der Waals surface area contributed by atoms with Gasteiger partial charge in [0.15, 0.2) is 5.96 Å². The molecule has 0 aromatic carbocycles. The van der Waals surface area contributed by atoms with Gasteiger partial charge >= 0.3 is 11.9 Å². The van der Waals surface area contributed by atoms with Crippen LogP contribution >= 0.6 is 12.6 Å². The van der Waals surface area contributed by atoms with Crippen molar-refractivity contribution in [1.29, 1.82) is 0 Å². The van der Waals surface area contributed by atoms with Crippen LogP contribution in [0.15, 0.2) is 4.99 Å². The molecular weight excluding hydrogens is 462 g/mol. The molecule has 4 atom stereocenters. The predicted octanol–water partition coefficient (Wildman–Crippen LogP) is -4.31. The van der Waals surface area contributed by atoms with Gasteiger partial charge in [-0.2, -0.15) is 12.6 Å². The number of guanidine groups is 1. The van der Waals surface area contributed by atoms with Crippen LogP contribution in [0.5, 0.6) is 0 Å². The zero-order chi connectivity index (χ0) is 25.6. The number of thiol groups is 1. The quantitative estimate of drug-likeness (QED) is 0.0425. The Balaban J connectivity index is 5.27. The molecule has 3 amide bonds. The Morgan fingerprint density at radius 2 is 1.42 bits per heavy atom. The molecule has 0 aliphatic heterocycles. The Morgan fingerprint density at radius 3 is 1.91 bits per heavy atom. The molecule has 0 saturated carbocycles. The van der Waals surface area contributed by atoms with Gasteiger partial charge in [0.1, 0.15) is 24.2 Å². The maximum Gasteiger partial charge on any atom is 0.326 e. The van der Waals surface area contributed by atoms with E-state index >= 15 is 0 Å². The van der Waals surface area contributed by atoms with Crippen LogP contribution in [0.1, 0.15) is 25.7 Å². The van der Waals surface area contributed by atoms with Crippen molar-refractivity contribution in [3.63, 3.8) is 0 Å². The Hall–Kier alpha value is -3.11. The molecular formula is C17H31N7O8S. The standard InChI is InChI=1S/C17H31N7O8S/c18-8(6-25)13(28)22-9(2-1-5-21-17(19)20)14(29)24-11(7-33)15(30)23-10(16(31)32)3-4-12(26)27/h8-11,25,33H,1-7,18H2,(H,22,28)(H,23,30)(H,24,29)(H,26,27)(H,31,32)(H4,19,20,21). The summed E-state index contributed by atoms with van der Waals surface area (Å²) in [5.41, 5.74) is 15.9. The highest BCUT2D eigenvalue weighted by atomic mass is 32.1. The molecule has 0 aliphatic carbocycles. The van der Waals surface area contributed by atoms with E-state index in [0.717, 1.165) is 0 Å². The highest BCUT2D eigenvalue weighted by Gasteiger charge is 2.29. The number of aliphatic imine (C=N–C) groups is 1. The number of nitrogens with one attached hydrogen (secondary N) is 3. The maximum absolute atomic E-state index is 12.7. The molecule has 0 saturated heterocycles. The topological polar surface area (TPSA) is 273 Å². The number of aliphatic carboxylic acids is 2. The first kappa shape index (κ1) is 29.9. The minimum atomic E-state index is -1.49. The SMILES string of the molecule is NC(N)=NCCCC(NC(=O)C(N)CO)C(=O)NC(CS)C(=O)NC(CCC(=O)O)C(=O)O. The van der Waals surface area contributed by atoms with Gasteiger partial charge in [0.05, 0.1) is 6.61 Å². The molecule has 0 spiro atoms. The molecule has 0 bridgehead atoms. The van der Waals surface area contributed by atoms with Crippen LogP contribution in [0, 0.1) is 0 Å². The third-order valence-electron chi connectivity index (χ3n) is 4.19. The first-order valence-electron chi connectivity index (χ1n) is 9.81. The summed E-state index contributed by atoms with van der Waals surface area (Å²) in [5.74, 6) is -5.60. The lowest BCUT2D eigenvalue weighted by atomic mass is 10.1. The molecule has 0 aromatic heterocycles. The van der Waals surface area contributed by atoms with E-state index in [1.165, 1.54) is 0 Å². The van der Waals surface area contributed by atoms with E-state index in [1.807, 2.05) is 0 Å². The fourth-order valence-electron chi connectivity index (χ4n) is 2.40. The van der Waals surface area contributed by atoms with E-state index in [9.17, 15) is 29.1 Å². The van der Waals surface area contributed by atoms with Crippen molar-refractivity contribution in [3.8, 4) is 0 Å². The summed E-state index contributed by atoms with van der Waals surface area (Å²) in [7, 11) is 0. The van der Waals surface area contributed by atoms with Crippen molar-refractivity contribution in [3.05, 3.63) is 0 Å². The summed E-state index contributed by atoms with van der Waals surface area (Å²) < 4.78 is 0. The lowest BCUT2D eigenvalue weighted by molar-refractivity contribution is -0.143. The number of aliphatic hydroxyl groups is 1. The lowest BCUT2D eigenvalue weighted by Gasteiger charge is -2.24. The number of carboxylic acid groups (broad SMARTS) is 2. The van der Waals surface area contributed by atoms with Gasteiger partial charge in [-0.15, -0.1) is 0 Å².